The van der Waals surface area contributed by atoms with Crippen molar-refractivity contribution in [1.82, 2.24) is 19.8 Å². The molecule has 0 aliphatic carbocycles. The van der Waals surface area contributed by atoms with Crippen LogP contribution in [0.15, 0.2) is 18.6 Å². The smallest absolute Gasteiger partial charge is 0.410 e. The predicted octanol–water partition coefficient (Wildman–Crippen LogP) is 1.81. The molecule has 0 saturated carbocycles. The largest absolute Gasteiger partial charge is 0.444 e. The Hall–Kier alpha value is -2.18. The molecule has 1 fully saturated rings. The Balaban J connectivity index is 1.85. The Morgan fingerprint density at radius 3 is 2.74 bits per heavy atom. The van der Waals surface area contributed by atoms with Crippen molar-refractivity contribution in [2.24, 2.45) is 5.92 Å². The standard InChI is InChI=1S/C16H24N4O3/c1-16(2,3)23-15(22)20-8-5-12(11-20)10-19(4)14(21)13-9-17-6-7-18-13/h6-7,9,12H,5,8,10-11H2,1-4H3. The zero-order valence-electron chi connectivity index (χ0n) is 14.2. The van der Waals surface area contributed by atoms with Crippen LogP contribution in [0.2, 0.25) is 0 Å². The molecule has 7 nitrogen and oxygen atoms in total. The van der Waals surface area contributed by atoms with Gasteiger partial charge in [0, 0.05) is 39.1 Å². The molecular formula is C16H24N4O3. The Kier molecular flexibility index (Phi) is 5.18. The summed E-state index contributed by atoms with van der Waals surface area (Å²) in [5.74, 6) is 0.0851. The number of likely N-dealkylation sites (tertiary alicyclic amines) is 1. The van der Waals surface area contributed by atoms with Crippen LogP contribution in [0, 0.1) is 5.92 Å². The summed E-state index contributed by atoms with van der Waals surface area (Å²) in [7, 11) is 1.74. The maximum atomic E-state index is 12.3. The molecule has 1 aromatic rings. The molecule has 1 aliphatic rings. The van der Waals surface area contributed by atoms with E-state index in [0.29, 0.717) is 25.3 Å². The first-order chi connectivity index (χ1) is 10.8. The fourth-order valence-corrected chi connectivity index (χ4v) is 2.55. The zero-order chi connectivity index (χ0) is 17.0. The van der Waals surface area contributed by atoms with Gasteiger partial charge in [0.2, 0.25) is 0 Å². The van der Waals surface area contributed by atoms with Crippen molar-refractivity contribution in [2.75, 3.05) is 26.7 Å². The van der Waals surface area contributed by atoms with Crippen LogP contribution in [0.1, 0.15) is 37.7 Å². The number of carbonyl (C=O) groups excluding carboxylic acids is 2. The van der Waals surface area contributed by atoms with Gasteiger partial charge in [0.25, 0.3) is 5.91 Å². The minimum Gasteiger partial charge on any atom is -0.444 e. The Labute approximate surface area is 136 Å². The number of nitrogens with zero attached hydrogens (tertiary/aromatic N) is 4. The first-order valence-corrected chi connectivity index (χ1v) is 7.75. The van der Waals surface area contributed by atoms with Crippen molar-refractivity contribution in [2.45, 2.75) is 32.8 Å². The molecule has 0 aromatic carbocycles. The summed E-state index contributed by atoms with van der Waals surface area (Å²) in [5.41, 5.74) is -0.162. The normalized spacial score (nSPS) is 17.9. The SMILES string of the molecule is CN(CC1CCN(C(=O)OC(C)(C)C)C1)C(=O)c1cnccn1. The van der Waals surface area contributed by atoms with Gasteiger partial charge in [-0.05, 0) is 33.1 Å². The van der Waals surface area contributed by atoms with Crippen LogP contribution in [-0.2, 0) is 4.74 Å². The van der Waals surface area contributed by atoms with Crippen molar-refractivity contribution in [3.63, 3.8) is 0 Å². The molecule has 23 heavy (non-hydrogen) atoms. The maximum absolute atomic E-state index is 12.3. The highest BCUT2D eigenvalue weighted by Gasteiger charge is 2.31. The van der Waals surface area contributed by atoms with Gasteiger partial charge in [0.15, 0.2) is 0 Å². The summed E-state index contributed by atoms with van der Waals surface area (Å²) >= 11 is 0. The predicted molar refractivity (Wildman–Crippen MR) is 84.9 cm³/mol. The van der Waals surface area contributed by atoms with Crippen molar-refractivity contribution in [3.05, 3.63) is 24.3 Å². The van der Waals surface area contributed by atoms with Gasteiger partial charge in [-0.15, -0.1) is 0 Å². The molecule has 7 heteroatoms. The second-order valence-corrected chi connectivity index (χ2v) is 6.86. The van der Waals surface area contributed by atoms with Crippen LogP contribution in [0.3, 0.4) is 0 Å². The van der Waals surface area contributed by atoms with Crippen molar-refractivity contribution in [1.29, 1.82) is 0 Å². The lowest BCUT2D eigenvalue weighted by atomic mass is 10.1. The van der Waals surface area contributed by atoms with E-state index in [1.807, 2.05) is 20.8 Å². The third-order valence-corrected chi connectivity index (χ3v) is 3.60. The van der Waals surface area contributed by atoms with Gasteiger partial charge < -0.3 is 14.5 Å². The molecule has 0 bridgehead atoms. The lowest BCUT2D eigenvalue weighted by Gasteiger charge is -2.25. The maximum Gasteiger partial charge on any atom is 0.410 e. The van der Waals surface area contributed by atoms with E-state index in [0.717, 1.165) is 6.42 Å². The Morgan fingerprint density at radius 2 is 2.13 bits per heavy atom. The van der Waals surface area contributed by atoms with Gasteiger partial charge in [0.05, 0.1) is 6.20 Å². The molecule has 1 aromatic heterocycles. The van der Waals surface area contributed by atoms with Crippen LogP contribution in [0.5, 0.6) is 0 Å². The highest BCUT2D eigenvalue weighted by atomic mass is 16.6. The van der Waals surface area contributed by atoms with Gasteiger partial charge >= 0.3 is 6.09 Å². The van der Waals surface area contributed by atoms with Gasteiger partial charge in [-0.3, -0.25) is 9.78 Å². The Morgan fingerprint density at radius 1 is 1.39 bits per heavy atom. The molecular weight excluding hydrogens is 296 g/mol. The molecule has 126 valence electrons. The molecule has 2 heterocycles. The second kappa shape index (κ2) is 6.93. The minimum atomic E-state index is -0.492. The van der Waals surface area contributed by atoms with Crippen molar-refractivity contribution >= 4 is 12.0 Å². The van der Waals surface area contributed by atoms with E-state index in [1.54, 1.807) is 16.8 Å². The molecule has 1 atom stereocenters. The van der Waals surface area contributed by atoms with Crippen molar-refractivity contribution < 1.29 is 14.3 Å². The third-order valence-electron chi connectivity index (χ3n) is 3.60. The lowest BCUT2D eigenvalue weighted by Crippen LogP contribution is -2.37. The number of hydrogen-bond donors (Lipinski definition) is 0. The molecule has 2 rings (SSSR count). The summed E-state index contributed by atoms with van der Waals surface area (Å²) in [6.45, 7) is 7.40. The number of ether oxygens (including phenoxy) is 1. The number of amides is 2. The van der Waals surface area contributed by atoms with Crippen molar-refractivity contribution in [3.8, 4) is 0 Å². The van der Waals surface area contributed by atoms with E-state index >= 15 is 0 Å². The third kappa shape index (κ3) is 4.91. The zero-order valence-corrected chi connectivity index (χ0v) is 14.2. The van der Waals surface area contributed by atoms with E-state index in [4.69, 9.17) is 4.74 Å². The highest BCUT2D eigenvalue weighted by Crippen LogP contribution is 2.20. The average molecular weight is 320 g/mol. The first-order valence-electron chi connectivity index (χ1n) is 7.75. The number of hydrogen-bond acceptors (Lipinski definition) is 5. The summed E-state index contributed by atoms with van der Waals surface area (Å²) < 4.78 is 5.38. The Bertz CT molecular complexity index is 556. The van der Waals surface area contributed by atoms with E-state index in [1.165, 1.54) is 18.6 Å². The fraction of sp³-hybridized carbons (Fsp3) is 0.625. The first kappa shape index (κ1) is 17.2. The van der Waals surface area contributed by atoms with Crippen LogP contribution >= 0.6 is 0 Å². The summed E-state index contributed by atoms with van der Waals surface area (Å²) in [6.07, 6.45) is 5.06. The van der Waals surface area contributed by atoms with Crippen LogP contribution < -0.4 is 0 Å². The molecule has 1 saturated heterocycles. The van der Waals surface area contributed by atoms with Crippen LogP contribution in [-0.4, -0.2) is 64.1 Å². The van der Waals surface area contributed by atoms with E-state index in [2.05, 4.69) is 9.97 Å². The fourth-order valence-electron chi connectivity index (χ4n) is 2.55. The molecule has 2 amide bonds. The van der Waals surface area contributed by atoms with E-state index in [9.17, 15) is 9.59 Å². The van der Waals surface area contributed by atoms with Gasteiger partial charge in [-0.1, -0.05) is 0 Å². The van der Waals surface area contributed by atoms with E-state index in [-0.39, 0.29) is 17.9 Å². The van der Waals surface area contributed by atoms with Gasteiger partial charge in [-0.2, -0.15) is 0 Å². The highest BCUT2D eigenvalue weighted by molar-refractivity contribution is 5.91. The number of rotatable bonds is 3. The second-order valence-electron chi connectivity index (χ2n) is 6.86. The van der Waals surface area contributed by atoms with E-state index < -0.39 is 5.60 Å². The molecule has 1 aliphatic heterocycles. The number of aromatic nitrogens is 2. The molecule has 0 radical (unpaired) electrons. The summed E-state index contributed by atoms with van der Waals surface area (Å²) in [6, 6.07) is 0. The lowest BCUT2D eigenvalue weighted by molar-refractivity contribution is 0.0286. The number of carbonyl (C=O) groups is 2. The van der Waals surface area contributed by atoms with Gasteiger partial charge in [0.1, 0.15) is 11.3 Å². The minimum absolute atomic E-state index is 0.159. The summed E-state index contributed by atoms with van der Waals surface area (Å²) in [5, 5.41) is 0. The van der Waals surface area contributed by atoms with Crippen LogP contribution in [0.25, 0.3) is 0 Å². The monoisotopic (exact) mass is 320 g/mol. The van der Waals surface area contributed by atoms with Crippen LogP contribution in [0.4, 0.5) is 4.79 Å². The average Bonchev–Trinajstić information content (AvgIpc) is 2.94. The topological polar surface area (TPSA) is 75.6 Å². The molecule has 0 N–H and O–H groups in total. The molecule has 0 spiro atoms. The quantitative estimate of drug-likeness (QED) is 0.849. The van der Waals surface area contributed by atoms with Gasteiger partial charge in [-0.25, -0.2) is 9.78 Å². The molecule has 1 unspecified atom stereocenters. The summed E-state index contributed by atoms with van der Waals surface area (Å²) in [4.78, 5) is 35.6.